The van der Waals surface area contributed by atoms with Gasteiger partial charge in [0, 0.05) is 18.9 Å². The van der Waals surface area contributed by atoms with Gasteiger partial charge < -0.3 is 9.64 Å². The predicted molar refractivity (Wildman–Crippen MR) is 69.1 cm³/mol. The lowest BCUT2D eigenvalue weighted by molar-refractivity contribution is -0.138. The fourth-order valence-corrected chi connectivity index (χ4v) is 1.33. The standard InChI is InChI=1S/C14H16N2O2/c1-3-16-9-7-12(8-10-16)5-6-13(11-15)14(17)18-4-2/h5-10H,3-4H2,1-2H3/b13-6+. The third-order valence-electron chi connectivity index (χ3n) is 2.34. The van der Waals surface area contributed by atoms with Crippen molar-refractivity contribution in [1.29, 1.82) is 5.26 Å². The van der Waals surface area contributed by atoms with Crippen LogP contribution >= 0.6 is 0 Å². The summed E-state index contributed by atoms with van der Waals surface area (Å²) in [5.74, 6) is -0.587. The average Bonchev–Trinajstić information content (AvgIpc) is 2.40. The third kappa shape index (κ3) is 3.95. The van der Waals surface area contributed by atoms with E-state index >= 15 is 0 Å². The van der Waals surface area contributed by atoms with E-state index in [9.17, 15) is 4.79 Å². The lowest BCUT2D eigenvalue weighted by atomic mass is 10.1. The molecular weight excluding hydrogens is 228 g/mol. The van der Waals surface area contributed by atoms with E-state index in [-0.39, 0.29) is 12.2 Å². The van der Waals surface area contributed by atoms with Gasteiger partial charge in [-0.15, -0.1) is 0 Å². The minimum absolute atomic E-state index is 0.00377. The second kappa shape index (κ2) is 7.13. The number of carbonyl (C=O) groups is 1. The summed E-state index contributed by atoms with van der Waals surface area (Å²) in [5, 5.41) is 8.84. The van der Waals surface area contributed by atoms with E-state index in [2.05, 4.69) is 6.92 Å². The highest BCUT2D eigenvalue weighted by atomic mass is 16.5. The molecule has 0 N–H and O–H groups in total. The molecule has 0 atom stereocenters. The maximum Gasteiger partial charge on any atom is 0.348 e. The van der Waals surface area contributed by atoms with Gasteiger partial charge in [0.2, 0.25) is 0 Å². The largest absolute Gasteiger partial charge is 0.462 e. The molecular formula is C14H16N2O2. The van der Waals surface area contributed by atoms with Crippen molar-refractivity contribution in [3.05, 3.63) is 47.9 Å². The van der Waals surface area contributed by atoms with E-state index in [1.165, 1.54) is 6.08 Å². The molecule has 0 saturated carbocycles. The van der Waals surface area contributed by atoms with Gasteiger partial charge >= 0.3 is 5.97 Å². The molecule has 4 nitrogen and oxygen atoms in total. The SMILES string of the molecule is CCOC(=O)/C(C#N)=C/C=C1C=CN(CC)C=C1. The summed E-state index contributed by atoms with van der Waals surface area (Å²) in [5.41, 5.74) is 0.931. The summed E-state index contributed by atoms with van der Waals surface area (Å²) in [6, 6.07) is 1.83. The van der Waals surface area contributed by atoms with E-state index in [1.54, 1.807) is 13.0 Å². The molecule has 0 saturated heterocycles. The van der Waals surface area contributed by atoms with Crippen molar-refractivity contribution in [3.8, 4) is 6.07 Å². The van der Waals surface area contributed by atoms with Gasteiger partial charge in [0.1, 0.15) is 11.6 Å². The number of carbonyl (C=O) groups excluding carboxylic acids is 1. The quantitative estimate of drug-likeness (QED) is 0.432. The van der Waals surface area contributed by atoms with Crippen LogP contribution in [0.1, 0.15) is 13.8 Å². The molecule has 1 rings (SSSR count). The Hall–Kier alpha value is -2.28. The number of nitrogens with zero attached hydrogens (tertiary/aromatic N) is 2. The second-order valence-corrected chi connectivity index (χ2v) is 3.54. The Balaban J connectivity index is 2.76. The highest BCUT2D eigenvalue weighted by Gasteiger charge is 2.08. The first-order valence-electron chi connectivity index (χ1n) is 5.82. The van der Waals surface area contributed by atoms with Crippen LogP contribution in [0.3, 0.4) is 0 Å². The van der Waals surface area contributed by atoms with E-state index in [0.717, 1.165) is 12.1 Å². The molecule has 0 aromatic heterocycles. The molecule has 0 amide bonds. The summed E-state index contributed by atoms with van der Waals surface area (Å²) in [4.78, 5) is 13.4. The lowest BCUT2D eigenvalue weighted by Gasteiger charge is -2.15. The van der Waals surface area contributed by atoms with Crippen molar-refractivity contribution in [2.75, 3.05) is 13.2 Å². The Morgan fingerprint density at radius 1 is 1.44 bits per heavy atom. The zero-order valence-electron chi connectivity index (χ0n) is 10.6. The Morgan fingerprint density at radius 2 is 2.11 bits per heavy atom. The van der Waals surface area contributed by atoms with Gasteiger partial charge in [0.05, 0.1) is 6.61 Å². The van der Waals surface area contributed by atoms with Gasteiger partial charge in [-0.1, -0.05) is 6.08 Å². The Kier molecular flexibility index (Phi) is 5.46. The first-order chi connectivity index (χ1) is 8.71. The number of hydrogen-bond acceptors (Lipinski definition) is 4. The molecule has 1 aliphatic rings. The number of nitriles is 1. The molecule has 4 heteroatoms. The van der Waals surface area contributed by atoms with Crippen LogP contribution in [0, 0.1) is 11.3 Å². The number of hydrogen-bond donors (Lipinski definition) is 0. The van der Waals surface area contributed by atoms with Crippen LogP contribution in [-0.2, 0) is 9.53 Å². The minimum Gasteiger partial charge on any atom is -0.462 e. The Labute approximate surface area is 107 Å². The predicted octanol–water partition coefficient (Wildman–Crippen LogP) is 2.29. The van der Waals surface area contributed by atoms with E-state index < -0.39 is 5.97 Å². The Morgan fingerprint density at radius 3 is 2.61 bits per heavy atom. The molecule has 1 aliphatic heterocycles. The summed E-state index contributed by atoms with van der Waals surface area (Å²) < 4.78 is 4.77. The van der Waals surface area contributed by atoms with E-state index in [1.807, 2.05) is 35.5 Å². The van der Waals surface area contributed by atoms with Crippen molar-refractivity contribution in [3.63, 3.8) is 0 Å². The minimum atomic E-state index is -0.587. The molecule has 0 fully saturated rings. The molecule has 94 valence electrons. The first-order valence-corrected chi connectivity index (χ1v) is 5.82. The van der Waals surface area contributed by atoms with Crippen LogP contribution in [-0.4, -0.2) is 24.0 Å². The molecule has 0 bridgehead atoms. The number of rotatable bonds is 4. The molecule has 0 aliphatic carbocycles. The van der Waals surface area contributed by atoms with Gasteiger partial charge in [-0.3, -0.25) is 0 Å². The van der Waals surface area contributed by atoms with Crippen LogP contribution < -0.4 is 0 Å². The number of allylic oxidation sites excluding steroid dienone is 5. The normalized spacial score (nSPS) is 14.4. The van der Waals surface area contributed by atoms with Crippen LogP contribution in [0.15, 0.2) is 47.9 Å². The molecule has 0 unspecified atom stereocenters. The van der Waals surface area contributed by atoms with Crippen molar-refractivity contribution in [2.45, 2.75) is 13.8 Å². The Bertz CT molecular complexity index is 449. The smallest absolute Gasteiger partial charge is 0.348 e. The van der Waals surface area contributed by atoms with Crippen LogP contribution in [0.25, 0.3) is 0 Å². The van der Waals surface area contributed by atoms with Gasteiger partial charge in [0.15, 0.2) is 0 Å². The van der Waals surface area contributed by atoms with E-state index in [4.69, 9.17) is 10.00 Å². The van der Waals surface area contributed by atoms with Gasteiger partial charge in [-0.2, -0.15) is 5.26 Å². The summed E-state index contributed by atoms with van der Waals surface area (Å²) in [6.07, 6.45) is 10.9. The van der Waals surface area contributed by atoms with Gasteiger partial charge in [-0.05, 0) is 37.6 Å². The maximum absolute atomic E-state index is 11.4. The monoisotopic (exact) mass is 244 g/mol. The highest BCUT2D eigenvalue weighted by molar-refractivity contribution is 5.93. The molecule has 18 heavy (non-hydrogen) atoms. The second-order valence-electron chi connectivity index (χ2n) is 3.54. The summed E-state index contributed by atoms with van der Waals surface area (Å²) >= 11 is 0. The number of ether oxygens (including phenoxy) is 1. The van der Waals surface area contributed by atoms with Crippen LogP contribution in [0.4, 0.5) is 0 Å². The van der Waals surface area contributed by atoms with Crippen molar-refractivity contribution < 1.29 is 9.53 Å². The molecule has 0 aromatic rings. The number of esters is 1. The molecule has 0 aromatic carbocycles. The zero-order chi connectivity index (χ0) is 13.4. The molecule has 1 heterocycles. The van der Waals surface area contributed by atoms with Crippen LogP contribution in [0.5, 0.6) is 0 Å². The van der Waals surface area contributed by atoms with E-state index in [0.29, 0.717) is 0 Å². The summed E-state index contributed by atoms with van der Waals surface area (Å²) in [7, 11) is 0. The topological polar surface area (TPSA) is 53.3 Å². The highest BCUT2D eigenvalue weighted by Crippen LogP contribution is 2.10. The third-order valence-corrected chi connectivity index (χ3v) is 2.34. The van der Waals surface area contributed by atoms with Gasteiger partial charge in [0.25, 0.3) is 0 Å². The first kappa shape index (κ1) is 13.8. The van der Waals surface area contributed by atoms with Crippen LogP contribution in [0.2, 0.25) is 0 Å². The van der Waals surface area contributed by atoms with Crippen molar-refractivity contribution in [2.24, 2.45) is 0 Å². The lowest BCUT2D eigenvalue weighted by Crippen LogP contribution is -2.10. The maximum atomic E-state index is 11.4. The van der Waals surface area contributed by atoms with Crippen molar-refractivity contribution >= 4 is 5.97 Å². The molecule has 0 radical (unpaired) electrons. The fourth-order valence-electron chi connectivity index (χ4n) is 1.33. The molecule has 0 spiro atoms. The fraction of sp³-hybridized carbons (Fsp3) is 0.286. The average molecular weight is 244 g/mol. The van der Waals surface area contributed by atoms with Crippen molar-refractivity contribution in [1.82, 2.24) is 4.90 Å². The van der Waals surface area contributed by atoms with Gasteiger partial charge in [-0.25, -0.2) is 4.79 Å². The summed E-state index contributed by atoms with van der Waals surface area (Å²) in [6.45, 7) is 4.93. The zero-order valence-corrected chi connectivity index (χ0v) is 10.6.